The molecule has 0 bridgehead atoms. The van der Waals surface area contributed by atoms with Gasteiger partial charge in [-0.25, -0.2) is 0 Å². The number of hydrogen-bond acceptors (Lipinski definition) is 4. The van der Waals surface area contributed by atoms with Crippen molar-refractivity contribution in [2.24, 2.45) is 35.3 Å². The Bertz CT molecular complexity index is 662. The Labute approximate surface area is 187 Å². The molecule has 3 saturated carbocycles. The number of fused-ring (bicyclic) bond motifs is 2. The van der Waals surface area contributed by atoms with E-state index in [2.05, 4.69) is 15.5 Å². The fourth-order valence-corrected chi connectivity index (χ4v) is 7.97. The average molecular weight is 431 g/mol. The van der Waals surface area contributed by atoms with Crippen LogP contribution in [0.1, 0.15) is 77.0 Å². The Kier molecular flexibility index (Phi) is 6.57. The summed E-state index contributed by atoms with van der Waals surface area (Å²) < 4.78 is 0. The maximum atomic E-state index is 13.4. The van der Waals surface area contributed by atoms with Crippen LogP contribution in [-0.4, -0.2) is 54.5 Å². The Hall–Kier alpha value is -1.14. The molecule has 5 rings (SSSR count). The first-order valence-electron chi connectivity index (χ1n) is 13.2. The number of nitrogens with two attached hydrogens (primary N) is 1. The number of nitrogens with zero attached hydrogens (tertiary/aromatic N) is 1. The largest absolute Gasteiger partial charge is 0.369 e. The van der Waals surface area contributed by atoms with Gasteiger partial charge in [0.25, 0.3) is 0 Å². The lowest BCUT2D eigenvalue weighted by atomic mass is 9.65. The molecule has 0 aromatic heterocycles. The van der Waals surface area contributed by atoms with E-state index in [0.717, 1.165) is 69.5 Å². The van der Waals surface area contributed by atoms with Crippen molar-refractivity contribution >= 4 is 11.8 Å². The van der Waals surface area contributed by atoms with Crippen LogP contribution in [0, 0.1) is 29.6 Å². The van der Waals surface area contributed by atoms with Gasteiger partial charge in [-0.2, -0.15) is 0 Å². The number of carbonyl (C=O) groups excluding carboxylic acids is 2. The Morgan fingerprint density at radius 3 is 2.58 bits per heavy atom. The minimum atomic E-state index is -0.145. The van der Waals surface area contributed by atoms with Crippen LogP contribution in [0.2, 0.25) is 0 Å². The maximum absolute atomic E-state index is 13.4. The molecule has 2 heterocycles. The second kappa shape index (κ2) is 9.38. The predicted octanol–water partition coefficient (Wildman–Crippen LogP) is 2.42. The first-order chi connectivity index (χ1) is 15.1. The summed E-state index contributed by atoms with van der Waals surface area (Å²) in [6, 6.07) is 0.603. The zero-order chi connectivity index (χ0) is 21.4. The molecule has 6 heteroatoms. The molecule has 5 fully saturated rings. The summed E-state index contributed by atoms with van der Waals surface area (Å²) in [5.74, 6) is 3.09. The van der Waals surface area contributed by atoms with Crippen molar-refractivity contribution in [3.05, 3.63) is 0 Å². The van der Waals surface area contributed by atoms with E-state index in [9.17, 15) is 9.59 Å². The van der Waals surface area contributed by atoms with E-state index in [4.69, 9.17) is 5.73 Å². The van der Waals surface area contributed by atoms with Gasteiger partial charge in [-0.3, -0.25) is 14.5 Å². The van der Waals surface area contributed by atoms with Gasteiger partial charge >= 0.3 is 0 Å². The first-order valence-corrected chi connectivity index (χ1v) is 13.2. The normalized spacial score (nSPS) is 43.2. The Morgan fingerprint density at radius 1 is 0.935 bits per heavy atom. The van der Waals surface area contributed by atoms with Crippen LogP contribution in [0.3, 0.4) is 0 Å². The van der Waals surface area contributed by atoms with E-state index < -0.39 is 0 Å². The van der Waals surface area contributed by atoms with Gasteiger partial charge in [-0.1, -0.05) is 32.1 Å². The molecule has 0 radical (unpaired) electrons. The zero-order valence-electron chi connectivity index (χ0n) is 19.1. The van der Waals surface area contributed by atoms with Crippen molar-refractivity contribution in [2.45, 2.75) is 95.2 Å². The lowest BCUT2D eigenvalue weighted by Crippen LogP contribution is -2.52. The highest BCUT2D eigenvalue weighted by Gasteiger charge is 2.49. The number of likely N-dealkylation sites (tertiary alicyclic amines) is 1. The molecular weight excluding hydrogens is 388 g/mol. The molecule has 0 aromatic rings. The van der Waals surface area contributed by atoms with Crippen molar-refractivity contribution in [1.82, 2.24) is 15.5 Å². The van der Waals surface area contributed by atoms with Crippen LogP contribution in [0.25, 0.3) is 0 Å². The van der Waals surface area contributed by atoms with E-state index in [-0.39, 0.29) is 29.8 Å². The molecule has 0 aromatic carbocycles. The lowest BCUT2D eigenvalue weighted by molar-refractivity contribution is -0.127. The lowest BCUT2D eigenvalue weighted by Gasteiger charge is -2.45. The molecule has 174 valence electrons. The van der Waals surface area contributed by atoms with Gasteiger partial charge in [-0.05, 0) is 75.2 Å². The van der Waals surface area contributed by atoms with E-state index in [1.54, 1.807) is 0 Å². The highest BCUT2D eigenvalue weighted by atomic mass is 16.2. The van der Waals surface area contributed by atoms with Crippen molar-refractivity contribution in [3.63, 3.8) is 0 Å². The van der Waals surface area contributed by atoms with Gasteiger partial charge in [0.1, 0.15) is 0 Å². The van der Waals surface area contributed by atoms with Crippen LogP contribution in [0.4, 0.5) is 0 Å². The van der Waals surface area contributed by atoms with Gasteiger partial charge in [0, 0.05) is 31.1 Å². The number of carbonyl (C=O) groups is 2. The van der Waals surface area contributed by atoms with E-state index >= 15 is 0 Å². The summed E-state index contributed by atoms with van der Waals surface area (Å²) >= 11 is 0. The van der Waals surface area contributed by atoms with Gasteiger partial charge in [-0.15, -0.1) is 0 Å². The number of hydrogen-bond donors (Lipinski definition) is 3. The molecular formula is C25H42N4O2. The smallest absolute Gasteiger partial charge is 0.237 e. The molecule has 5 aliphatic rings. The molecule has 31 heavy (non-hydrogen) atoms. The SMILES string of the molecule is NC(=O)C1CCC2CC(C(=O)N[C@@H]3CCNC3)N(CC3CCCC4CCCCC43)C2C1. The molecule has 7 unspecified atom stereocenters. The third kappa shape index (κ3) is 4.52. The average Bonchev–Trinajstić information content (AvgIpc) is 3.41. The number of nitrogens with one attached hydrogen (secondary N) is 2. The van der Waals surface area contributed by atoms with Crippen LogP contribution < -0.4 is 16.4 Å². The molecule has 2 saturated heterocycles. The summed E-state index contributed by atoms with van der Waals surface area (Å²) in [6.07, 6.45) is 14.4. The second-order valence-corrected chi connectivity index (χ2v) is 11.3. The second-order valence-electron chi connectivity index (χ2n) is 11.3. The highest BCUT2D eigenvalue weighted by Crippen LogP contribution is 2.47. The molecule has 3 aliphatic carbocycles. The standard InChI is InChI=1S/C25H42N4O2/c26-24(30)18-9-8-17-12-23(25(31)28-20-10-11-27-14-20)29(22(17)13-18)15-19-6-3-5-16-4-1-2-7-21(16)19/h16-23,27H,1-15H2,(H2,26,30)(H,28,31)/t16?,17?,18?,19?,20-,21?,22?,23?/m1/s1. The number of primary amides is 1. The number of rotatable bonds is 5. The minimum absolute atomic E-state index is 0.0154. The Morgan fingerprint density at radius 2 is 1.77 bits per heavy atom. The first kappa shape index (κ1) is 21.7. The highest BCUT2D eigenvalue weighted by molar-refractivity contribution is 5.82. The number of amides is 2. The third-order valence-electron chi connectivity index (χ3n) is 9.59. The molecule has 0 spiro atoms. The summed E-state index contributed by atoms with van der Waals surface area (Å²) in [5.41, 5.74) is 5.73. The van der Waals surface area contributed by atoms with E-state index in [1.807, 2.05) is 0 Å². The molecule has 4 N–H and O–H groups in total. The maximum Gasteiger partial charge on any atom is 0.237 e. The fraction of sp³-hybridized carbons (Fsp3) is 0.920. The fourth-order valence-electron chi connectivity index (χ4n) is 7.97. The summed E-state index contributed by atoms with van der Waals surface area (Å²) in [6.45, 7) is 2.94. The van der Waals surface area contributed by atoms with Crippen LogP contribution >= 0.6 is 0 Å². The summed E-state index contributed by atoms with van der Waals surface area (Å²) in [4.78, 5) is 28.0. The monoisotopic (exact) mass is 430 g/mol. The Balaban J connectivity index is 1.33. The molecule has 2 amide bonds. The van der Waals surface area contributed by atoms with Crippen LogP contribution in [0.15, 0.2) is 0 Å². The van der Waals surface area contributed by atoms with Crippen molar-refractivity contribution < 1.29 is 9.59 Å². The molecule has 6 nitrogen and oxygen atoms in total. The quantitative estimate of drug-likeness (QED) is 0.625. The van der Waals surface area contributed by atoms with Gasteiger partial charge in [0.2, 0.25) is 11.8 Å². The van der Waals surface area contributed by atoms with E-state index in [0.29, 0.717) is 12.0 Å². The summed E-state index contributed by atoms with van der Waals surface area (Å²) in [7, 11) is 0. The predicted molar refractivity (Wildman–Crippen MR) is 121 cm³/mol. The van der Waals surface area contributed by atoms with Crippen LogP contribution in [-0.2, 0) is 9.59 Å². The third-order valence-corrected chi connectivity index (χ3v) is 9.59. The minimum Gasteiger partial charge on any atom is -0.369 e. The van der Waals surface area contributed by atoms with Crippen molar-refractivity contribution in [2.75, 3.05) is 19.6 Å². The van der Waals surface area contributed by atoms with Gasteiger partial charge < -0.3 is 16.4 Å². The van der Waals surface area contributed by atoms with Crippen molar-refractivity contribution in [1.29, 1.82) is 0 Å². The molecule has 8 atom stereocenters. The van der Waals surface area contributed by atoms with Gasteiger partial charge in [0.05, 0.1) is 6.04 Å². The topological polar surface area (TPSA) is 87.5 Å². The van der Waals surface area contributed by atoms with Crippen molar-refractivity contribution in [3.8, 4) is 0 Å². The summed E-state index contributed by atoms with van der Waals surface area (Å²) in [5, 5.41) is 6.72. The molecule has 2 aliphatic heterocycles. The zero-order valence-corrected chi connectivity index (χ0v) is 19.1. The van der Waals surface area contributed by atoms with E-state index in [1.165, 1.54) is 44.9 Å². The van der Waals surface area contributed by atoms with Crippen LogP contribution in [0.5, 0.6) is 0 Å². The van der Waals surface area contributed by atoms with Gasteiger partial charge in [0.15, 0.2) is 0 Å².